The summed E-state index contributed by atoms with van der Waals surface area (Å²) in [7, 11) is 12.8. The number of rotatable bonds is 54. The average Bonchev–Trinajstić information content (AvgIpc) is 1.58. The minimum atomic E-state index is -0.195. The van der Waals surface area contributed by atoms with Crippen molar-refractivity contribution in [1.82, 2.24) is 39.9 Å². The lowest BCUT2D eigenvalue weighted by atomic mass is 10.1. The summed E-state index contributed by atoms with van der Waals surface area (Å²) in [6.07, 6.45) is 0. The maximum absolute atomic E-state index is 6.70. The smallest absolute Gasteiger partial charge is 0.189 e. The van der Waals surface area contributed by atoms with Crippen LogP contribution in [0.25, 0.3) is 89.7 Å². The number of aromatic amines is 2. The SMILES string of the molecule is COCCOCCOc1ccc(OCCOCCOC)c2c1-c1nc-2nc2[nH]c(nc3nc(nc4[nH]c(n1)c1c(OCCOCCOC)ccc(COCOCCOC)c41)-c1c(OCOCCOC)ccc(OCOCCOC)c1-3)c1c(OCCOCCOC)ccc(OCCOCCOC)c21. The third kappa shape index (κ3) is 22.1. The van der Waals surface area contributed by atoms with E-state index in [0.29, 0.717) is 182 Å². The highest BCUT2D eigenvalue weighted by Crippen LogP contribution is 2.50. The zero-order chi connectivity index (χ0) is 71.4. The maximum Gasteiger partial charge on any atom is 0.189 e. The van der Waals surface area contributed by atoms with E-state index in [1.54, 1.807) is 93.3 Å². The summed E-state index contributed by atoms with van der Waals surface area (Å²) in [6, 6.07) is 14.4. The Bertz CT molecular complexity index is 3610. The number of ether oxygens (including phenoxy) is 24. The lowest BCUT2D eigenvalue weighted by molar-refractivity contribution is -0.0722. The van der Waals surface area contributed by atoms with Gasteiger partial charge in [-0.2, -0.15) is 0 Å². The summed E-state index contributed by atoms with van der Waals surface area (Å²) >= 11 is 0. The minimum Gasteiger partial charge on any atom is -0.490 e. The lowest BCUT2D eigenvalue weighted by Crippen LogP contribution is -2.11. The number of hydrogen-bond donors (Lipinski definition) is 2. The fourth-order valence-corrected chi connectivity index (χ4v) is 10.4. The topological polar surface area (TPSA) is 330 Å². The van der Waals surface area contributed by atoms with Gasteiger partial charge in [-0.05, 0) is 48.0 Å². The van der Waals surface area contributed by atoms with E-state index in [1.807, 2.05) is 12.1 Å². The van der Waals surface area contributed by atoms with Crippen molar-refractivity contribution in [2.24, 2.45) is 0 Å². The molecule has 0 spiro atoms. The standard InChI is InChI=1S/C70H94N8O24/c1-79-17-25-87-33-38-96-48-10-9-47(43-95-44-92-30-22-84-6)55-56(48)64-71-63(55)72-69-61-53(101-45-93-31-23-85-7)15-16-54(102-46-94-32-24-86-8)62(61)70(78-69)77-68-60-52(100-42-37-91-29-21-83-5)14-13-51(99-41-36-90-28-20-82-4)59(60)67(76-68)75-66-58-50(98-40-35-89-27-19-81-3)12-11-49(57(58)65(73-64)74-66)97-39-34-88-26-18-80-2/h9-16H,17-46H2,1-8H3,(H2,71,72,73,74,75,76,77,78). The number of fused-ring (bicyclic) bond motifs is 20. The molecule has 0 atom stereocenters. The Labute approximate surface area is 591 Å². The third-order valence-corrected chi connectivity index (χ3v) is 15.2. The first kappa shape index (κ1) is 78.3. The minimum absolute atomic E-state index is 0.0207. The van der Waals surface area contributed by atoms with Gasteiger partial charge in [0, 0.05) is 62.3 Å². The van der Waals surface area contributed by atoms with Crippen LogP contribution in [0.1, 0.15) is 5.56 Å². The quantitative estimate of drug-likeness (QED) is 0.0281. The molecule has 2 aliphatic heterocycles. The van der Waals surface area contributed by atoms with Gasteiger partial charge in [0.05, 0.1) is 184 Å². The molecular formula is C70H94N8O24. The van der Waals surface area contributed by atoms with Crippen molar-refractivity contribution < 1.29 is 114 Å². The van der Waals surface area contributed by atoms with Gasteiger partial charge in [-0.1, -0.05) is 6.07 Å². The van der Waals surface area contributed by atoms with Gasteiger partial charge in [-0.15, -0.1) is 0 Å². The molecule has 558 valence electrons. The van der Waals surface area contributed by atoms with E-state index in [9.17, 15) is 0 Å². The largest absolute Gasteiger partial charge is 0.490 e. The predicted molar refractivity (Wildman–Crippen MR) is 371 cm³/mol. The van der Waals surface area contributed by atoms with E-state index in [2.05, 4.69) is 9.97 Å². The Kier molecular flexibility index (Phi) is 33.7. The van der Waals surface area contributed by atoms with Crippen molar-refractivity contribution in [2.75, 3.05) is 249 Å². The van der Waals surface area contributed by atoms with E-state index in [0.717, 1.165) is 0 Å². The van der Waals surface area contributed by atoms with Crippen molar-refractivity contribution in [3.8, 4) is 85.8 Å². The van der Waals surface area contributed by atoms with Crippen LogP contribution in [0.3, 0.4) is 0 Å². The second-order valence-corrected chi connectivity index (χ2v) is 22.0. The molecule has 102 heavy (non-hydrogen) atoms. The normalized spacial score (nSPS) is 11.8. The lowest BCUT2D eigenvalue weighted by Gasteiger charge is -2.15. The van der Waals surface area contributed by atoms with Gasteiger partial charge in [0.25, 0.3) is 0 Å². The van der Waals surface area contributed by atoms with E-state index in [1.165, 1.54) is 0 Å². The molecule has 9 rings (SSSR count). The molecule has 32 nitrogen and oxygen atoms in total. The molecular weight excluding hydrogens is 1340 g/mol. The van der Waals surface area contributed by atoms with Crippen molar-refractivity contribution in [1.29, 1.82) is 0 Å². The van der Waals surface area contributed by atoms with Crippen LogP contribution >= 0.6 is 0 Å². The van der Waals surface area contributed by atoms with Crippen LogP contribution in [0.2, 0.25) is 0 Å². The van der Waals surface area contributed by atoms with Gasteiger partial charge in [0.1, 0.15) is 103 Å². The molecule has 0 saturated carbocycles. The summed E-state index contributed by atoms with van der Waals surface area (Å²) in [5.74, 6) is 3.02. The highest BCUT2D eigenvalue weighted by molar-refractivity contribution is 6.13. The zero-order valence-corrected chi connectivity index (χ0v) is 59.3. The molecule has 4 aromatic carbocycles. The highest BCUT2D eigenvalue weighted by atomic mass is 16.7. The second kappa shape index (κ2) is 44.0. The number of methoxy groups -OCH3 is 8. The maximum atomic E-state index is 6.70. The van der Waals surface area contributed by atoms with E-state index in [4.69, 9.17) is 144 Å². The Hall–Kier alpha value is -7.84. The van der Waals surface area contributed by atoms with Crippen molar-refractivity contribution in [2.45, 2.75) is 6.61 Å². The molecule has 2 aliphatic rings. The third-order valence-electron chi connectivity index (χ3n) is 15.2. The molecule has 0 unspecified atom stereocenters. The fourth-order valence-electron chi connectivity index (χ4n) is 10.4. The van der Waals surface area contributed by atoms with E-state index < -0.39 is 0 Å². The van der Waals surface area contributed by atoms with E-state index >= 15 is 0 Å². The Morgan fingerprint density at radius 1 is 0.225 bits per heavy atom. The summed E-state index contributed by atoms with van der Waals surface area (Å²) in [4.78, 5) is 39.9. The summed E-state index contributed by atoms with van der Waals surface area (Å²) in [6.45, 7) is 6.62. The van der Waals surface area contributed by atoms with Gasteiger partial charge in [-0.3, -0.25) is 0 Å². The molecule has 0 fully saturated rings. The number of H-pyrrole nitrogens is 2. The van der Waals surface area contributed by atoms with Crippen LogP contribution in [0, 0.1) is 0 Å². The molecule has 0 amide bonds. The molecule has 7 aromatic rings. The highest BCUT2D eigenvalue weighted by Gasteiger charge is 2.33. The monoisotopic (exact) mass is 1430 g/mol. The van der Waals surface area contributed by atoms with Crippen molar-refractivity contribution in [3.05, 3.63) is 54.1 Å². The summed E-state index contributed by atoms with van der Waals surface area (Å²) < 4.78 is 142. The predicted octanol–water partition coefficient (Wildman–Crippen LogP) is 7.21. The van der Waals surface area contributed by atoms with Gasteiger partial charge < -0.3 is 124 Å². The molecule has 0 radical (unpaired) electrons. The Morgan fingerprint density at radius 3 is 0.794 bits per heavy atom. The van der Waals surface area contributed by atoms with E-state index in [-0.39, 0.29) is 152 Å². The first-order valence-electron chi connectivity index (χ1n) is 33.4. The van der Waals surface area contributed by atoms with Crippen molar-refractivity contribution >= 4 is 44.1 Å². The number of nitrogens with zero attached hydrogens (tertiary/aromatic N) is 6. The second-order valence-electron chi connectivity index (χ2n) is 22.0. The molecule has 5 heterocycles. The molecule has 32 heteroatoms. The van der Waals surface area contributed by atoms with Gasteiger partial charge in [0.15, 0.2) is 36.9 Å². The van der Waals surface area contributed by atoms with Crippen molar-refractivity contribution in [3.63, 3.8) is 0 Å². The Balaban J connectivity index is 1.43. The number of aromatic nitrogens is 8. The van der Waals surface area contributed by atoms with Crippen LogP contribution in [0.4, 0.5) is 0 Å². The molecule has 0 aliphatic carbocycles. The Morgan fingerprint density at radius 2 is 0.471 bits per heavy atom. The molecule has 8 bridgehead atoms. The summed E-state index contributed by atoms with van der Waals surface area (Å²) in [5.41, 5.74) is 3.15. The van der Waals surface area contributed by atoms with Crippen LogP contribution < -0.4 is 33.2 Å². The molecule has 0 saturated heterocycles. The van der Waals surface area contributed by atoms with Crippen LogP contribution in [0.15, 0.2) is 48.5 Å². The van der Waals surface area contributed by atoms with Gasteiger partial charge in [-0.25, -0.2) is 29.9 Å². The number of hydrogen-bond acceptors (Lipinski definition) is 30. The van der Waals surface area contributed by atoms with Gasteiger partial charge >= 0.3 is 0 Å². The van der Waals surface area contributed by atoms with Crippen LogP contribution in [-0.2, 0) is 87.1 Å². The first-order valence-corrected chi connectivity index (χ1v) is 33.4. The number of benzene rings is 4. The average molecular weight is 1430 g/mol. The first-order chi connectivity index (χ1) is 50.4. The molecule has 2 N–H and O–H groups in total. The van der Waals surface area contributed by atoms with Gasteiger partial charge in [0.2, 0.25) is 0 Å². The fraction of sp³-hybridized carbons (Fsp3) is 0.543. The summed E-state index contributed by atoms with van der Waals surface area (Å²) in [5, 5.41) is 1.87. The van der Waals surface area contributed by atoms with Crippen LogP contribution in [0.5, 0.6) is 40.2 Å². The van der Waals surface area contributed by atoms with Crippen LogP contribution in [-0.4, -0.2) is 289 Å². The molecule has 3 aromatic heterocycles. The number of nitrogens with one attached hydrogen (secondary N) is 2. The zero-order valence-electron chi connectivity index (χ0n) is 59.3.